The van der Waals surface area contributed by atoms with Crippen LogP contribution in [-0.4, -0.2) is 30.1 Å². The molecule has 0 aromatic rings. The Hall–Kier alpha value is -1.33. The van der Waals surface area contributed by atoms with E-state index in [-0.39, 0.29) is 19.2 Å². The van der Waals surface area contributed by atoms with Gasteiger partial charge in [-0.15, -0.1) is 5.06 Å². The number of nitrogens with zero attached hydrogens (tertiary/aromatic N) is 1. The third-order valence-corrected chi connectivity index (χ3v) is 1.57. The molecule has 6 heteroatoms. The zero-order valence-electron chi connectivity index (χ0n) is 7.28. The molecule has 0 N–H and O–H groups in total. The van der Waals surface area contributed by atoms with Crippen molar-refractivity contribution in [2.24, 2.45) is 0 Å². The molecule has 0 unspecified atom stereocenters. The molecule has 0 atom stereocenters. The molecule has 1 heterocycles. The number of imide groups is 1. The minimum Gasteiger partial charge on any atom is -0.331 e. The third-order valence-electron chi connectivity index (χ3n) is 1.57. The molecule has 0 spiro atoms. The fraction of sp³-hybridized carbons (Fsp3) is 0.571. The first-order valence-electron chi connectivity index (χ1n) is 3.99. The Labute approximate surface area is 76.2 Å². The number of hydrogen-bond acceptors (Lipinski definition) is 4. The molecule has 0 saturated carbocycles. The van der Waals surface area contributed by atoms with Gasteiger partial charge in [-0.05, 0) is 0 Å². The second-order valence-corrected chi connectivity index (χ2v) is 2.66. The SMILES string of the molecule is C[B]CC(=O)ON1C(=O)CCC1=O. The number of hydrogen-bond donors (Lipinski definition) is 0. The van der Waals surface area contributed by atoms with Crippen LogP contribution in [0, 0.1) is 0 Å². The smallest absolute Gasteiger partial charge is 0.325 e. The average molecular weight is 182 g/mol. The molecule has 1 aliphatic rings. The maximum absolute atomic E-state index is 10.9. The predicted molar refractivity (Wildman–Crippen MR) is 43.6 cm³/mol. The van der Waals surface area contributed by atoms with Crippen molar-refractivity contribution in [1.29, 1.82) is 0 Å². The largest absolute Gasteiger partial charge is 0.331 e. The normalized spacial score (nSPS) is 16.2. The Morgan fingerprint density at radius 1 is 1.46 bits per heavy atom. The van der Waals surface area contributed by atoms with E-state index >= 15 is 0 Å². The van der Waals surface area contributed by atoms with Gasteiger partial charge in [0.1, 0.15) is 7.28 Å². The highest BCUT2D eigenvalue weighted by Gasteiger charge is 2.32. The Morgan fingerprint density at radius 3 is 2.46 bits per heavy atom. The summed E-state index contributed by atoms with van der Waals surface area (Å²) in [7, 11) is 1.59. The summed E-state index contributed by atoms with van der Waals surface area (Å²) in [4.78, 5) is 37.3. The quantitative estimate of drug-likeness (QED) is 0.446. The Kier molecular flexibility index (Phi) is 3.05. The first-order valence-corrected chi connectivity index (χ1v) is 3.99. The lowest BCUT2D eigenvalue weighted by atomic mass is 9.78. The van der Waals surface area contributed by atoms with Gasteiger partial charge in [0.2, 0.25) is 0 Å². The van der Waals surface area contributed by atoms with Crippen molar-refractivity contribution in [3.8, 4) is 0 Å². The third kappa shape index (κ3) is 2.30. The summed E-state index contributed by atoms with van der Waals surface area (Å²) in [5, 5.41) is 0.547. The van der Waals surface area contributed by atoms with Crippen LogP contribution in [0.2, 0.25) is 13.1 Å². The molecule has 1 aliphatic heterocycles. The summed E-state index contributed by atoms with van der Waals surface area (Å²) in [5.74, 6) is -1.49. The van der Waals surface area contributed by atoms with Crippen molar-refractivity contribution >= 4 is 25.1 Å². The molecular formula is C7H9BNO4. The van der Waals surface area contributed by atoms with Gasteiger partial charge < -0.3 is 4.84 Å². The number of carbonyl (C=O) groups excluding carboxylic acids is 3. The van der Waals surface area contributed by atoms with Gasteiger partial charge in [-0.25, -0.2) is 0 Å². The summed E-state index contributed by atoms with van der Waals surface area (Å²) in [5.41, 5.74) is 0. The highest BCUT2D eigenvalue weighted by Crippen LogP contribution is 2.12. The van der Waals surface area contributed by atoms with Gasteiger partial charge in [0.15, 0.2) is 0 Å². The van der Waals surface area contributed by atoms with Crippen LogP contribution in [-0.2, 0) is 19.2 Å². The van der Waals surface area contributed by atoms with Gasteiger partial charge in [0, 0.05) is 19.2 Å². The zero-order chi connectivity index (χ0) is 9.84. The average Bonchev–Trinajstić information content (AvgIpc) is 2.36. The maximum atomic E-state index is 10.9. The zero-order valence-corrected chi connectivity index (χ0v) is 7.28. The fourth-order valence-electron chi connectivity index (χ4n) is 0.964. The molecule has 1 fully saturated rings. The van der Waals surface area contributed by atoms with Gasteiger partial charge in [0.25, 0.3) is 11.8 Å². The van der Waals surface area contributed by atoms with Crippen LogP contribution in [0.4, 0.5) is 0 Å². The number of carbonyl (C=O) groups is 3. The van der Waals surface area contributed by atoms with E-state index < -0.39 is 17.8 Å². The van der Waals surface area contributed by atoms with Crippen LogP contribution >= 0.6 is 0 Å². The van der Waals surface area contributed by atoms with Gasteiger partial charge in [0.05, 0.1) is 0 Å². The minimum absolute atomic E-state index is 0.0943. The van der Waals surface area contributed by atoms with E-state index in [9.17, 15) is 14.4 Å². The Bertz CT molecular complexity index is 237. The highest BCUT2D eigenvalue weighted by molar-refractivity contribution is 6.39. The van der Waals surface area contributed by atoms with E-state index in [1.807, 2.05) is 0 Å². The molecule has 0 aromatic heterocycles. The van der Waals surface area contributed by atoms with Gasteiger partial charge >= 0.3 is 5.97 Å². The predicted octanol–water partition coefficient (Wildman–Crippen LogP) is -0.236. The van der Waals surface area contributed by atoms with Crippen molar-refractivity contribution in [1.82, 2.24) is 5.06 Å². The lowest BCUT2D eigenvalue weighted by Gasteiger charge is -2.11. The molecule has 1 rings (SSSR count). The van der Waals surface area contributed by atoms with Crippen molar-refractivity contribution in [2.45, 2.75) is 26.0 Å². The molecular weight excluding hydrogens is 173 g/mol. The molecule has 5 nitrogen and oxygen atoms in total. The van der Waals surface area contributed by atoms with Crippen molar-refractivity contribution in [3.05, 3.63) is 0 Å². The van der Waals surface area contributed by atoms with Crippen molar-refractivity contribution < 1.29 is 19.2 Å². The van der Waals surface area contributed by atoms with Crippen molar-refractivity contribution in [2.75, 3.05) is 0 Å². The van der Waals surface area contributed by atoms with E-state index in [1.54, 1.807) is 14.1 Å². The molecule has 69 valence electrons. The second kappa shape index (κ2) is 4.07. The van der Waals surface area contributed by atoms with E-state index in [0.717, 1.165) is 0 Å². The molecule has 0 aromatic carbocycles. The van der Waals surface area contributed by atoms with Crippen LogP contribution in [0.15, 0.2) is 0 Å². The van der Waals surface area contributed by atoms with Gasteiger partial charge in [-0.2, -0.15) is 0 Å². The highest BCUT2D eigenvalue weighted by atomic mass is 16.7. The minimum atomic E-state index is -0.592. The lowest BCUT2D eigenvalue weighted by molar-refractivity contribution is -0.195. The van der Waals surface area contributed by atoms with Crippen LogP contribution in [0.1, 0.15) is 12.8 Å². The lowest BCUT2D eigenvalue weighted by Crippen LogP contribution is -2.32. The molecule has 1 saturated heterocycles. The maximum Gasteiger partial charge on any atom is 0.325 e. The summed E-state index contributed by atoms with van der Waals surface area (Å²) >= 11 is 0. The van der Waals surface area contributed by atoms with Gasteiger partial charge in [-0.3, -0.25) is 14.4 Å². The summed E-state index contributed by atoms with van der Waals surface area (Å²) in [6, 6.07) is 0. The second-order valence-electron chi connectivity index (χ2n) is 2.66. The number of rotatable bonds is 3. The summed E-state index contributed by atoms with van der Waals surface area (Å²) in [6.45, 7) is 1.69. The first-order chi connectivity index (χ1) is 6.15. The fourth-order valence-corrected chi connectivity index (χ4v) is 0.964. The van der Waals surface area contributed by atoms with Crippen LogP contribution in [0.3, 0.4) is 0 Å². The van der Waals surface area contributed by atoms with E-state index in [1.165, 1.54) is 0 Å². The van der Waals surface area contributed by atoms with Gasteiger partial charge in [-0.1, -0.05) is 6.82 Å². The Balaban J connectivity index is 2.48. The molecule has 2 amide bonds. The van der Waals surface area contributed by atoms with Crippen LogP contribution in [0.25, 0.3) is 0 Å². The topological polar surface area (TPSA) is 63.7 Å². The number of amides is 2. The molecule has 0 aliphatic carbocycles. The number of hydroxylamine groups is 2. The Morgan fingerprint density at radius 2 is 2.00 bits per heavy atom. The van der Waals surface area contributed by atoms with Crippen LogP contribution < -0.4 is 0 Å². The summed E-state index contributed by atoms with van der Waals surface area (Å²) in [6.07, 6.45) is 0.348. The molecule has 0 bridgehead atoms. The molecule has 13 heavy (non-hydrogen) atoms. The van der Waals surface area contributed by atoms with E-state index in [0.29, 0.717) is 5.06 Å². The first kappa shape index (κ1) is 9.76. The standard InChI is InChI=1S/C7H9BNO4/c1-8-4-7(12)13-9-5(10)2-3-6(9)11/h2-4H2,1H3. The van der Waals surface area contributed by atoms with E-state index in [2.05, 4.69) is 4.84 Å². The van der Waals surface area contributed by atoms with Crippen molar-refractivity contribution in [3.63, 3.8) is 0 Å². The summed E-state index contributed by atoms with van der Waals surface area (Å²) < 4.78 is 0. The monoisotopic (exact) mass is 182 g/mol. The van der Waals surface area contributed by atoms with Crippen LogP contribution in [0.5, 0.6) is 0 Å². The molecule has 1 radical (unpaired) electrons. The van der Waals surface area contributed by atoms with E-state index in [4.69, 9.17) is 0 Å².